The molecule has 0 amide bonds. The molecule has 1 atom stereocenters. The molecule has 0 saturated carbocycles. The smallest absolute Gasteiger partial charge is 0.250 e. The molecule has 134 valence electrons. The average Bonchev–Trinajstić information content (AvgIpc) is 3.25. The Bertz CT molecular complexity index is 1010. The van der Waals surface area contributed by atoms with E-state index in [9.17, 15) is 4.79 Å². The van der Waals surface area contributed by atoms with Crippen molar-refractivity contribution in [3.8, 4) is 0 Å². The summed E-state index contributed by atoms with van der Waals surface area (Å²) in [5.74, 6) is 0.950. The summed E-state index contributed by atoms with van der Waals surface area (Å²) in [5.41, 5.74) is 3.61. The fraction of sp³-hybridized carbons (Fsp3) is 0.389. The summed E-state index contributed by atoms with van der Waals surface area (Å²) in [7, 11) is 1.89. The summed E-state index contributed by atoms with van der Waals surface area (Å²) in [6, 6.07) is 5.76. The highest BCUT2D eigenvalue weighted by Gasteiger charge is 2.36. The van der Waals surface area contributed by atoms with Crippen molar-refractivity contribution >= 4 is 22.6 Å². The summed E-state index contributed by atoms with van der Waals surface area (Å²) in [6.07, 6.45) is 2.11. The van der Waals surface area contributed by atoms with Gasteiger partial charge in [0.1, 0.15) is 0 Å². The number of anilines is 1. The summed E-state index contributed by atoms with van der Waals surface area (Å²) < 4.78 is 1.75. The third-order valence-corrected chi connectivity index (χ3v) is 5.03. The first-order chi connectivity index (χ1) is 12.5. The minimum atomic E-state index is -0.165. The van der Waals surface area contributed by atoms with E-state index >= 15 is 0 Å². The molecule has 26 heavy (non-hydrogen) atoms. The number of ketones is 1. The Hall–Kier alpha value is -3.03. The van der Waals surface area contributed by atoms with Crippen LogP contribution in [0.1, 0.15) is 32.4 Å². The number of nitrogens with one attached hydrogen (secondary N) is 1. The molecule has 4 rings (SSSR count). The molecule has 1 unspecified atom stereocenters. The number of allylic oxidation sites excluding steroid dienone is 2. The van der Waals surface area contributed by atoms with E-state index < -0.39 is 0 Å². The fourth-order valence-electron chi connectivity index (χ4n) is 3.62. The van der Waals surface area contributed by atoms with Gasteiger partial charge in [-0.3, -0.25) is 9.89 Å². The molecule has 0 spiro atoms. The van der Waals surface area contributed by atoms with Crippen LogP contribution in [0.5, 0.6) is 0 Å². The second kappa shape index (κ2) is 6.05. The Morgan fingerprint density at radius 1 is 1.35 bits per heavy atom. The third-order valence-electron chi connectivity index (χ3n) is 5.03. The second-order valence-corrected chi connectivity index (χ2v) is 7.06. The van der Waals surface area contributed by atoms with Gasteiger partial charge < -0.3 is 4.90 Å². The highest BCUT2D eigenvalue weighted by atomic mass is 16.1. The molecular weight excluding hydrogens is 330 g/mol. The van der Waals surface area contributed by atoms with Gasteiger partial charge in [-0.1, -0.05) is 25.0 Å². The quantitative estimate of drug-likeness (QED) is 0.775. The highest BCUT2D eigenvalue weighted by molar-refractivity contribution is 5.99. The van der Waals surface area contributed by atoms with Crippen molar-refractivity contribution in [1.82, 2.24) is 30.4 Å². The Labute approximate surface area is 150 Å². The predicted molar refractivity (Wildman–Crippen MR) is 97.6 cm³/mol. The second-order valence-electron chi connectivity index (χ2n) is 7.06. The van der Waals surface area contributed by atoms with E-state index in [1.165, 1.54) is 0 Å². The van der Waals surface area contributed by atoms with Gasteiger partial charge in [-0.25, -0.2) is 4.68 Å². The van der Waals surface area contributed by atoms with Crippen LogP contribution < -0.4 is 4.90 Å². The predicted octanol–water partition coefficient (Wildman–Crippen LogP) is 2.28. The van der Waals surface area contributed by atoms with Crippen molar-refractivity contribution in [3.05, 3.63) is 41.2 Å². The molecule has 2 aromatic heterocycles. The number of aromatic nitrogens is 6. The van der Waals surface area contributed by atoms with Gasteiger partial charge in [0.25, 0.3) is 0 Å². The van der Waals surface area contributed by atoms with E-state index in [0.29, 0.717) is 12.4 Å². The van der Waals surface area contributed by atoms with Gasteiger partial charge in [-0.15, -0.1) is 0 Å². The van der Waals surface area contributed by atoms with Gasteiger partial charge in [0.05, 0.1) is 17.8 Å². The van der Waals surface area contributed by atoms with Gasteiger partial charge in [0, 0.05) is 30.1 Å². The molecule has 8 nitrogen and oxygen atoms in total. The standard InChI is InChI=1S/C18H21N7O/c1-10(2)17-16(11(3)24(4)18-21-22-23-25(17)18)15(26)8-12-5-6-14-13(7-12)9-19-20-14/h5-7,9-10,17H,8H2,1-4H3,(H,19,20). The van der Waals surface area contributed by atoms with E-state index in [-0.39, 0.29) is 17.7 Å². The first-order valence-corrected chi connectivity index (χ1v) is 8.65. The summed E-state index contributed by atoms with van der Waals surface area (Å²) in [4.78, 5) is 15.1. The van der Waals surface area contributed by atoms with Crippen LogP contribution in [-0.2, 0) is 11.2 Å². The molecule has 0 fully saturated rings. The Morgan fingerprint density at radius 2 is 2.15 bits per heavy atom. The zero-order valence-corrected chi connectivity index (χ0v) is 15.3. The lowest BCUT2D eigenvalue weighted by Gasteiger charge is -2.34. The van der Waals surface area contributed by atoms with Crippen LogP contribution in [0, 0.1) is 5.92 Å². The van der Waals surface area contributed by atoms with E-state index in [4.69, 9.17) is 0 Å². The monoisotopic (exact) mass is 351 g/mol. The van der Waals surface area contributed by atoms with Crippen LogP contribution in [0.2, 0.25) is 0 Å². The third kappa shape index (κ3) is 2.49. The van der Waals surface area contributed by atoms with Crippen molar-refractivity contribution < 1.29 is 4.79 Å². The minimum Gasteiger partial charge on any atom is -0.316 e. The molecule has 3 aromatic rings. The maximum atomic E-state index is 13.3. The van der Waals surface area contributed by atoms with Gasteiger partial charge >= 0.3 is 0 Å². The fourth-order valence-corrected chi connectivity index (χ4v) is 3.62. The Balaban J connectivity index is 1.71. The summed E-state index contributed by atoms with van der Waals surface area (Å²) >= 11 is 0. The minimum absolute atomic E-state index is 0.0945. The average molecular weight is 351 g/mol. The van der Waals surface area contributed by atoms with E-state index in [0.717, 1.165) is 27.7 Å². The molecule has 1 aliphatic rings. The number of Topliss-reactive ketones (excluding diaryl/α,β-unsaturated/α-hetero) is 1. The van der Waals surface area contributed by atoms with E-state index in [1.807, 2.05) is 37.1 Å². The SMILES string of the molecule is CC1=C(C(=O)Cc2ccc3[nH]ncc3c2)C(C(C)C)n2nnnc2N1C. The molecule has 0 radical (unpaired) electrons. The van der Waals surface area contributed by atoms with Gasteiger partial charge in [0.15, 0.2) is 5.78 Å². The molecule has 1 aromatic carbocycles. The lowest BCUT2D eigenvalue weighted by atomic mass is 9.88. The number of hydrogen-bond acceptors (Lipinski definition) is 6. The van der Waals surface area contributed by atoms with Crippen molar-refractivity contribution in [2.45, 2.75) is 33.2 Å². The van der Waals surface area contributed by atoms with Crippen molar-refractivity contribution in [1.29, 1.82) is 0 Å². The lowest BCUT2D eigenvalue weighted by Crippen LogP contribution is -2.36. The number of hydrogen-bond donors (Lipinski definition) is 1. The zero-order valence-electron chi connectivity index (χ0n) is 15.3. The maximum absolute atomic E-state index is 13.3. The molecular formula is C18H21N7O. The largest absolute Gasteiger partial charge is 0.316 e. The number of carbonyl (C=O) groups is 1. The van der Waals surface area contributed by atoms with E-state index in [1.54, 1.807) is 10.9 Å². The number of tetrazole rings is 1. The highest BCUT2D eigenvalue weighted by Crippen LogP contribution is 2.37. The van der Waals surface area contributed by atoms with Crippen LogP contribution in [0.25, 0.3) is 10.9 Å². The van der Waals surface area contributed by atoms with E-state index in [2.05, 4.69) is 39.6 Å². The molecule has 1 N–H and O–H groups in total. The molecule has 8 heteroatoms. The topological polar surface area (TPSA) is 92.6 Å². The van der Waals surface area contributed by atoms with Gasteiger partial charge in [0.2, 0.25) is 5.95 Å². The zero-order chi connectivity index (χ0) is 18.4. The molecule has 0 aliphatic carbocycles. The number of H-pyrrole nitrogens is 1. The first-order valence-electron chi connectivity index (χ1n) is 8.65. The van der Waals surface area contributed by atoms with Gasteiger partial charge in [-0.05, 0) is 41.0 Å². The molecule has 0 saturated heterocycles. The number of carbonyl (C=O) groups excluding carboxylic acids is 1. The Kier molecular flexibility index (Phi) is 3.82. The number of aromatic amines is 1. The van der Waals surface area contributed by atoms with Crippen LogP contribution in [0.4, 0.5) is 5.95 Å². The first kappa shape index (κ1) is 16.4. The van der Waals surface area contributed by atoms with Crippen molar-refractivity contribution in [3.63, 3.8) is 0 Å². The number of benzene rings is 1. The Morgan fingerprint density at radius 3 is 2.92 bits per heavy atom. The van der Waals surface area contributed by atoms with Crippen molar-refractivity contribution in [2.75, 3.05) is 11.9 Å². The summed E-state index contributed by atoms with van der Waals surface area (Å²) in [6.45, 7) is 6.12. The van der Waals surface area contributed by atoms with Crippen LogP contribution >= 0.6 is 0 Å². The number of nitrogens with zero attached hydrogens (tertiary/aromatic N) is 6. The molecule has 3 heterocycles. The molecule has 1 aliphatic heterocycles. The number of rotatable bonds is 4. The van der Waals surface area contributed by atoms with Crippen molar-refractivity contribution in [2.24, 2.45) is 5.92 Å². The lowest BCUT2D eigenvalue weighted by molar-refractivity contribution is -0.115. The van der Waals surface area contributed by atoms with Crippen LogP contribution in [-0.4, -0.2) is 43.2 Å². The number of fused-ring (bicyclic) bond motifs is 2. The van der Waals surface area contributed by atoms with Crippen LogP contribution in [0.15, 0.2) is 35.7 Å². The van der Waals surface area contributed by atoms with Crippen LogP contribution in [0.3, 0.4) is 0 Å². The molecule has 0 bridgehead atoms. The maximum Gasteiger partial charge on any atom is 0.250 e. The van der Waals surface area contributed by atoms with Gasteiger partial charge in [-0.2, -0.15) is 5.10 Å². The normalized spacial score (nSPS) is 17.3. The summed E-state index contributed by atoms with van der Waals surface area (Å²) in [5, 5.41) is 20.0.